The summed E-state index contributed by atoms with van der Waals surface area (Å²) >= 11 is 0. The lowest BCUT2D eigenvalue weighted by Gasteiger charge is -2.47. The zero-order chi connectivity index (χ0) is 29.9. The van der Waals surface area contributed by atoms with Crippen LogP contribution in [-0.4, -0.2) is 58.8 Å². The first-order valence-corrected chi connectivity index (χ1v) is 15.6. The fraction of sp³-hybridized carbons (Fsp3) is 0.457. The number of rotatable bonds is 5. The molecular formula is C35H39BN2O5. The summed E-state index contributed by atoms with van der Waals surface area (Å²) in [6, 6.07) is 20.4. The van der Waals surface area contributed by atoms with Gasteiger partial charge in [0.25, 0.3) is 0 Å². The van der Waals surface area contributed by atoms with Crippen molar-refractivity contribution in [3.63, 3.8) is 0 Å². The monoisotopic (exact) mass is 578 g/mol. The molecule has 43 heavy (non-hydrogen) atoms. The van der Waals surface area contributed by atoms with Crippen molar-refractivity contribution in [2.75, 3.05) is 6.61 Å². The van der Waals surface area contributed by atoms with Gasteiger partial charge in [-0.1, -0.05) is 54.6 Å². The van der Waals surface area contributed by atoms with Crippen molar-refractivity contribution < 1.29 is 23.6 Å². The molecule has 1 aliphatic carbocycles. The molecule has 3 fully saturated rings. The molecule has 3 aliphatic heterocycles. The van der Waals surface area contributed by atoms with Crippen LogP contribution in [0.25, 0.3) is 11.1 Å². The molecule has 1 aromatic heterocycles. The first-order chi connectivity index (χ1) is 20.6. The number of benzene rings is 2. The van der Waals surface area contributed by atoms with Gasteiger partial charge in [-0.25, -0.2) is 4.79 Å². The number of ether oxygens (including phenoxy) is 1. The highest BCUT2D eigenvalue weighted by Gasteiger charge is 2.52. The van der Waals surface area contributed by atoms with Gasteiger partial charge >= 0.3 is 13.2 Å². The third-order valence-electron chi connectivity index (χ3n) is 10.5. The number of pyridine rings is 1. The van der Waals surface area contributed by atoms with Crippen LogP contribution in [0.15, 0.2) is 66.9 Å². The van der Waals surface area contributed by atoms with E-state index in [4.69, 9.17) is 14.0 Å². The summed E-state index contributed by atoms with van der Waals surface area (Å²) in [5.74, 6) is -0.0887. The highest BCUT2D eigenvalue weighted by Crippen LogP contribution is 2.45. The van der Waals surface area contributed by atoms with Crippen LogP contribution in [-0.2, 0) is 14.0 Å². The normalized spacial score (nSPS) is 25.3. The van der Waals surface area contributed by atoms with E-state index < -0.39 is 18.3 Å². The maximum Gasteiger partial charge on any atom is 0.496 e. The largest absolute Gasteiger partial charge is 0.496 e. The Morgan fingerprint density at radius 1 is 0.884 bits per heavy atom. The van der Waals surface area contributed by atoms with Gasteiger partial charge in [0.2, 0.25) is 0 Å². The molecule has 7 nitrogen and oxygen atoms in total. The molecule has 0 N–H and O–H groups in total. The maximum absolute atomic E-state index is 13.6. The highest BCUT2D eigenvalue weighted by atomic mass is 16.7. The summed E-state index contributed by atoms with van der Waals surface area (Å²) < 4.78 is 18.3. The van der Waals surface area contributed by atoms with Gasteiger partial charge in [-0.15, -0.1) is 0 Å². The van der Waals surface area contributed by atoms with Crippen molar-refractivity contribution in [2.24, 2.45) is 5.92 Å². The van der Waals surface area contributed by atoms with Gasteiger partial charge in [-0.2, -0.15) is 0 Å². The Morgan fingerprint density at radius 3 is 2.02 bits per heavy atom. The van der Waals surface area contributed by atoms with Crippen LogP contribution in [0.3, 0.4) is 0 Å². The summed E-state index contributed by atoms with van der Waals surface area (Å²) in [4.78, 5) is 33.7. The minimum absolute atomic E-state index is 0.00104. The van der Waals surface area contributed by atoms with Crippen molar-refractivity contribution >= 4 is 24.5 Å². The van der Waals surface area contributed by atoms with Gasteiger partial charge in [-0.3, -0.25) is 9.78 Å². The maximum atomic E-state index is 13.6. The number of aromatic nitrogens is 1. The lowest BCUT2D eigenvalue weighted by Crippen LogP contribution is -2.56. The second-order valence-corrected chi connectivity index (χ2v) is 13.5. The summed E-state index contributed by atoms with van der Waals surface area (Å²) in [6.07, 6.45) is 5.55. The van der Waals surface area contributed by atoms with Crippen molar-refractivity contribution in [3.8, 4) is 11.1 Å². The van der Waals surface area contributed by atoms with E-state index in [0.29, 0.717) is 25.1 Å². The number of hydrogen-bond donors (Lipinski definition) is 0. The minimum atomic E-state index is -0.513. The quantitative estimate of drug-likeness (QED) is 0.267. The number of fused-ring (bicyclic) bond motifs is 5. The predicted molar refractivity (Wildman–Crippen MR) is 165 cm³/mol. The Morgan fingerprint density at radius 2 is 1.47 bits per heavy atom. The van der Waals surface area contributed by atoms with Crippen LogP contribution in [0.2, 0.25) is 0 Å². The number of hydrogen-bond acceptors (Lipinski definition) is 6. The van der Waals surface area contributed by atoms with Crippen LogP contribution in [0, 0.1) is 5.92 Å². The molecule has 8 heteroatoms. The number of piperidine rings is 2. The van der Waals surface area contributed by atoms with E-state index in [1.807, 2.05) is 50.8 Å². The number of ketones is 1. The molecule has 2 bridgehead atoms. The molecule has 4 aliphatic rings. The third kappa shape index (κ3) is 4.89. The molecular weight excluding hydrogens is 539 g/mol. The van der Waals surface area contributed by atoms with Crippen LogP contribution in [0.5, 0.6) is 0 Å². The predicted octanol–water partition coefficient (Wildman–Crippen LogP) is 6.15. The van der Waals surface area contributed by atoms with Gasteiger partial charge in [0.1, 0.15) is 12.3 Å². The number of carbonyl (C=O) groups excluding carboxylic acids is 2. The highest BCUT2D eigenvalue weighted by molar-refractivity contribution is 6.62. The van der Waals surface area contributed by atoms with Gasteiger partial charge < -0.3 is 18.9 Å². The zero-order valence-electron chi connectivity index (χ0n) is 25.4. The van der Waals surface area contributed by atoms with Crippen LogP contribution < -0.4 is 5.46 Å². The van der Waals surface area contributed by atoms with Gasteiger partial charge in [0.05, 0.1) is 11.2 Å². The summed E-state index contributed by atoms with van der Waals surface area (Å²) in [5.41, 5.74) is 5.23. The molecule has 0 radical (unpaired) electrons. The molecule has 0 spiro atoms. The van der Waals surface area contributed by atoms with Crippen LogP contribution >= 0.6 is 0 Å². The van der Waals surface area contributed by atoms with E-state index in [0.717, 1.165) is 24.7 Å². The van der Waals surface area contributed by atoms with Gasteiger partial charge in [0.15, 0.2) is 5.78 Å². The second kappa shape index (κ2) is 10.6. The topological polar surface area (TPSA) is 78.0 Å². The molecule has 3 aromatic rings. The van der Waals surface area contributed by atoms with E-state index in [2.05, 4.69) is 41.4 Å². The third-order valence-corrected chi connectivity index (χ3v) is 10.5. The standard InChI is InChI=1S/C35H39BN2O5/c1-34(2)35(3,4)43-36(42-34)23-16-17-31(37-20-23)32(39)22-18-24-10-9-11-25(19-22)38(24)33(40)41-21-30-28-14-7-5-12-26(28)27-13-6-8-15-29(27)30/h5-8,12-17,20,22,24-25,30H,9-11,18-19,21H2,1-4H3. The minimum Gasteiger partial charge on any atom is -0.448 e. The van der Waals surface area contributed by atoms with Crippen LogP contribution in [0.1, 0.15) is 87.3 Å². The Balaban J connectivity index is 1.01. The number of nitrogens with zero attached hydrogens (tertiary/aromatic N) is 2. The van der Waals surface area contributed by atoms with E-state index in [1.165, 1.54) is 22.3 Å². The van der Waals surface area contributed by atoms with Crippen molar-refractivity contribution in [1.82, 2.24) is 9.88 Å². The van der Waals surface area contributed by atoms with Gasteiger partial charge in [-0.05, 0) is 88.1 Å². The average Bonchev–Trinajstić information content (AvgIpc) is 3.43. The molecule has 3 saturated heterocycles. The molecule has 2 atom stereocenters. The molecule has 1 amide bonds. The average molecular weight is 579 g/mol. The smallest absolute Gasteiger partial charge is 0.448 e. The number of amides is 1. The van der Waals surface area contributed by atoms with Gasteiger partial charge in [0, 0.05) is 35.6 Å². The Bertz CT molecular complexity index is 1480. The zero-order valence-corrected chi connectivity index (χ0v) is 25.4. The summed E-state index contributed by atoms with van der Waals surface area (Å²) in [7, 11) is -0.513. The van der Waals surface area contributed by atoms with E-state index in [-0.39, 0.29) is 35.8 Å². The van der Waals surface area contributed by atoms with Crippen molar-refractivity contribution in [2.45, 2.75) is 89.0 Å². The fourth-order valence-electron chi connectivity index (χ4n) is 7.44. The van der Waals surface area contributed by atoms with Crippen LogP contribution in [0.4, 0.5) is 4.79 Å². The van der Waals surface area contributed by atoms with E-state index >= 15 is 0 Å². The molecule has 222 valence electrons. The fourth-order valence-corrected chi connectivity index (χ4v) is 7.44. The van der Waals surface area contributed by atoms with Crippen molar-refractivity contribution in [1.29, 1.82) is 0 Å². The van der Waals surface area contributed by atoms with E-state index in [9.17, 15) is 9.59 Å². The molecule has 4 heterocycles. The lowest BCUT2D eigenvalue weighted by molar-refractivity contribution is 0.00578. The Kier molecular flexibility index (Phi) is 6.97. The Labute approximate surface area is 254 Å². The number of Topliss-reactive ketones (excluding diaryl/α,β-unsaturated/α-hetero) is 1. The Hall–Kier alpha value is -3.49. The molecule has 2 unspecified atom stereocenters. The summed E-state index contributed by atoms with van der Waals surface area (Å²) in [6.45, 7) is 8.38. The molecule has 2 aromatic carbocycles. The molecule has 7 rings (SSSR count). The molecule has 0 saturated carbocycles. The second-order valence-electron chi connectivity index (χ2n) is 13.5. The first-order valence-electron chi connectivity index (χ1n) is 15.6. The van der Waals surface area contributed by atoms with E-state index in [1.54, 1.807) is 12.3 Å². The first kappa shape index (κ1) is 28.3. The lowest BCUT2D eigenvalue weighted by atomic mass is 9.76. The summed E-state index contributed by atoms with van der Waals surface area (Å²) in [5, 5.41) is 0. The van der Waals surface area contributed by atoms with Crippen molar-refractivity contribution in [3.05, 3.63) is 83.7 Å². The SMILES string of the molecule is CC1(C)OB(c2ccc(C(=O)C3CC4CCCC(C3)N4C(=O)OCC3c4ccccc4-c4ccccc43)nc2)OC1(C)C. The number of carbonyl (C=O) groups is 2.